The minimum atomic E-state index is -0.240. The maximum atomic E-state index is 13.2. The molecule has 0 radical (unpaired) electrons. The Labute approximate surface area is 180 Å². The van der Waals surface area contributed by atoms with Crippen molar-refractivity contribution in [3.8, 4) is 17.2 Å². The standard InChI is InChI=1S/C24H24N4O3/c1-16-20(25-23(31-16)18-10-6-7-11-22(18)30-2)15-27-12-13-28-21(24(27)29)14-19(26-28)17-8-4-3-5-9-17/h3-13,19,21,26H,14-15H2,1-2H3. The van der Waals surface area contributed by atoms with Crippen LogP contribution in [0.25, 0.3) is 11.5 Å². The number of nitrogens with zero attached hydrogens (tertiary/aromatic N) is 3. The van der Waals surface area contributed by atoms with Gasteiger partial charge in [-0.3, -0.25) is 4.79 Å². The van der Waals surface area contributed by atoms with Gasteiger partial charge < -0.3 is 19.1 Å². The quantitative estimate of drug-likeness (QED) is 0.682. The summed E-state index contributed by atoms with van der Waals surface area (Å²) in [6.45, 7) is 2.23. The number of para-hydroxylation sites is 1. The first kappa shape index (κ1) is 19.4. The van der Waals surface area contributed by atoms with E-state index >= 15 is 0 Å². The highest BCUT2D eigenvalue weighted by molar-refractivity contribution is 5.84. The Kier molecular flexibility index (Phi) is 4.95. The van der Waals surface area contributed by atoms with Crippen molar-refractivity contribution in [3.63, 3.8) is 0 Å². The highest BCUT2D eigenvalue weighted by atomic mass is 16.5. The Balaban J connectivity index is 1.34. The third kappa shape index (κ3) is 3.57. The molecule has 1 saturated heterocycles. The van der Waals surface area contributed by atoms with Crippen LogP contribution in [0.1, 0.15) is 29.5 Å². The zero-order valence-corrected chi connectivity index (χ0v) is 17.5. The van der Waals surface area contributed by atoms with Crippen LogP contribution in [0.3, 0.4) is 0 Å². The molecule has 7 heteroatoms. The third-order valence-electron chi connectivity index (χ3n) is 5.83. The lowest BCUT2D eigenvalue weighted by Gasteiger charge is -2.31. The maximum Gasteiger partial charge on any atom is 0.251 e. The molecule has 1 amide bonds. The molecule has 7 nitrogen and oxygen atoms in total. The maximum absolute atomic E-state index is 13.2. The number of hydrogen-bond acceptors (Lipinski definition) is 6. The van der Waals surface area contributed by atoms with Crippen molar-refractivity contribution in [2.24, 2.45) is 0 Å². The molecule has 2 atom stereocenters. The van der Waals surface area contributed by atoms with E-state index in [0.717, 1.165) is 11.3 Å². The predicted octanol–water partition coefficient (Wildman–Crippen LogP) is 3.79. The first-order chi connectivity index (χ1) is 15.1. The summed E-state index contributed by atoms with van der Waals surface area (Å²) >= 11 is 0. The zero-order chi connectivity index (χ0) is 21.4. The molecule has 3 aromatic rings. The number of aryl methyl sites for hydroxylation is 1. The minimum Gasteiger partial charge on any atom is -0.496 e. The van der Waals surface area contributed by atoms with Crippen molar-refractivity contribution in [2.45, 2.75) is 32.0 Å². The van der Waals surface area contributed by atoms with Crippen molar-refractivity contribution in [1.29, 1.82) is 0 Å². The van der Waals surface area contributed by atoms with E-state index in [-0.39, 0.29) is 18.0 Å². The number of benzene rings is 2. The van der Waals surface area contributed by atoms with Gasteiger partial charge in [0.1, 0.15) is 23.2 Å². The van der Waals surface area contributed by atoms with Crippen LogP contribution in [0.5, 0.6) is 5.75 Å². The Morgan fingerprint density at radius 1 is 1.13 bits per heavy atom. The average molecular weight is 416 g/mol. The van der Waals surface area contributed by atoms with Crippen molar-refractivity contribution in [3.05, 3.63) is 84.0 Å². The number of carbonyl (C=O) groups is 1. The lowest BCUT2D eigenvalue weighted by atomic mass is 10.0. The molecule has 2 unspecified atom stereocenters. The second-order valence-electron chi connectivity index (χ2n) is 7.74. The van der Waals surface area contributed by atoms with Crippen LogP contribution in [0, 0.1) is 6.92 Å². The smallest absolute Gasteiger partial charge is 0.251 e. The highest BCUT2D eigenvalue weighted by Crippen LogP contribution is 2.33. The van der Waals surface area contributed by atoms with Crippen molar-refractivity contribution in [1.82, 2.24) is 20.3 Å². The number of aromatic nitrogens is 1. The topological polar surface area (TPSA) is 70.8 Å². The summed E-state index contributed by atoms with van der Waals surface area (Å²) in [6.07, 6.45) is 4.44. The van der Waals surface area contributed by atoms with Gasteiger partial charge in [-0.25, -0.2) is 10.4 Å². The number of nitrogens with one attached hydrogen (secondary N) is 1. The van der Waals surface area contributed by atoms with E-state index in [1.54, 1.807) is 18.2 Å². The van der Waals surface area contributed by atoms with Gasteiger partial charge in [0, 0.05) is 12.4 Å². The summed E-state index contributed by atoms with van der Waals surface area (Å²) in [7, 11) is 1.62. The molecule has 31 heavy (non-hydrogen) atoms. The van der Waals surface area contributed by atoms with Gasteiger partial charge >= 0.3 is 0 Å². The molecule has 1 aromatic heterocycles. The van der Waals surface area contributed by atoms with Crippen LogP contribution >= 0.6 is 0 Å². The Hall–Kier alpha value is -3.58. The van der Waals surface area contributed by atoms with Gasteiger partial charge in [0.25, 0.3) is 5.91 Å². The number of methoxy groups -OCH3 is 1. The summed E-state index contributed by atoms with van der Waals surface area (Å²) in [5.41, 5.74) is 6.13. The fourth-order valence-corrected chi connectivity index (χ4v) is 4.14. The molecule has 2 aliphatic heterocycles. The number of ether oxygens (including phenoxy) is 1. The molecule has 0 saturated carbocycles. The SMILES string of the molecule is COc1ccccc1-c1nc(CN2C=CN3NC(c4ccccc4)CC3C2=O)c(C)o1. The molecule has 1 fully saturated rings. The van der Waals surface area contributed by atoms with E-state index in [1.807, 2.05) is 60.6 Å². The molecule has 0 bridgehead atoms. The van der Waals surface area contributed by atoms with E-state index in [4.69, 9.17) is 9.15 Å². The molecular weight excluding hydrogens is 392 g/mol. The number of fused-ring (bicyclic) bond motifs is 1. The number of rotatable bonds is 5. The Morgan fingerprint density at radius 3 is 2.71 bits per heavy atom. The molecule has 5 rings (SSSR count). The first-order valence-electron chi connectivity index (χ1n) is 10.3. The summed E-state index contributed by atoms with van der Waals surface area (Å²) in [5.74, 6) is 1.93. The predicted molar refractivity (Wildman–Crippen MR) is 115 cm³/mol. The number of carbonyl (C=O) groups excluding carboxylic acids is 1. The van der Waals surface area contributed by atoms with Crippen molar-refractivity contribution >= 4 is 5.91 Å². The summed E-state index contributed by atoms with van der Waals surface area (Å²) in [5, 5.41) is 1.91. The number of oxazole rings is 1. The van der Waals surface area contributed by atoms with E-state index in [2.05, 4.69) is 22.5 Å². The van der Waals surface area contributed by atoms with Crippen LogP contribution in [-0.2, 0) is 11.3 Å². The number of hydrogen-bond donors (Lipinski definition) is 1. The molecule has 0 spiro atoms. The van der Waals surface area contributed by atoms with Crippen LogP contribution in [0.2, 0.25) is 0 Å². The van der Waals surface area contributed by atoms with Gasteiger partial charge in [0.05, 0.1) is 25.3 Å². The van der Waals surface area contributed by atoms with E-state index in [9.17, 15) is 4.79 Å². The lowest BCUT2D eigenvalue weighted by molar-refractivity contribution is -0.135. The van der Waals surface area contributed by atoms with Crippen molar-refractivity contribution < 1.29 is 13.9 Å². The first-order valence-corrected chi connectivity index (χ1v) is 10.3. The second-order valence-corrected chi connectivity index (χ2v) is 7.74. The average Bonchev–Trinajstić information content (AvgIpc) is 3.40. The van der Waals surface area contributed by atoms with Gasteiger partial charge in [-0.2, -0.15) is 0 Å². The van der Waals surface area contributed by atoms with Crippen LogP contribution < -0.4 is 10.2 Å². The summed E-state index contributed by atoms with van der Waals surface area (Å²) in [6, 6.07) is 17.7. The number of amides is 1. The molecule has 3 heterocycles. The normalized spacial score (nSPS) is 20.3. The van der Waals surface area contributed by atoms with Gasteiger partial charge in [-0.1, -0.05) is 42.5 Å². The third-order valence-corrected chi connectivity index (χ3v) is 5.83. The van der Waals surface area contributed by atoms with E-state index in [1.165, 1.54) is 5.56 Å². The fourth-order valence-electron chi connectivity index (χ4n) is 4.14. The highest BCUT2D eigenvalue weighted by Gasteiger charge is 2.40. The monoisotopic (exact) mass is 416 g/mol. The van der Waals surface area contributed by atoms with Crippen LogP contribution in [0.15, 0.2) is 71.4 Å². The lowest BCUT2D eigenvalue weighted by Crippen LogP contribution is -2.47. The second kappa shape index (κ2) is 7.92. The molecule has 2 aromatic carbocycles. The van der Waals surface area contributed by atoms with Gasteiger partial charge in [0.15, 0.2) is 0 Å². The largest absolute Gasteiger partial charge is 0.496 e. The van der Waals surface area contributed by atoms with Crippen LogP contribution in [-0.4, -0.2) is 34.0 Å². The zero-order valence-electron chi connectivity index (χ0n) is 17.5. The van der Waals surface area contributed by atoms with Gasteiger partial charge in [-0.05, 0) is 31.0 Å². The molecule has 0 aliphatic carbocycles. The summed E-state index contributed by atoms with van der Waals surface area (Å²) in [4.78, 5) is 19.6. The Bertz CT molecular complexity index is 1120. The van der Waals surface area contributed by atoms with Crippen LogP contribution in [0.4, 0.5) is 0 Å². The summed E-state index contributed by atoms with van der Waals surface area (Å²) < 4.78 is 11.3. The fraction of sp³-hybridized carbons (Fsp3) is 0.250. The molecule has 2 aliphatic rings. The van der Waals surface area contributed by atoms with Gasteiger partial charge in [-0.15, -0.1) is 0 Å². The molecular formula is C24H24N4O3. The molecule has 158 valence electrons. The van der Waals surface area contributed by atoms with Gasteiger partial charge in [0.2, 0.25) is 5.89 Å². The van der Waals surface area contributed by atoms with Crippen molar-refractivity contribution in [2.75, 3.05) is 7.11 Å². The minimum absolute atomic E-state index is 0.0506. The van der Waals surface area contributed by atoms with E-state index < -0.39 is 0 Å². The van der Waals surface area contributed by atoms with E-state index in [0.29, 0.717) is 30.4 Å². The number of hydrazine groups is 1. The Morgan fingerprint density at radius 2 is 1.90 bits per heavy atom. The molecule has 1 N–H and O–H groups in total.